The zero-order valence-electron chi connectivity index (χ0n) is 11.1. The molecule has 0 fully saturated rings. The van der Waals surface area contributed by atoms with Crippen LogP contribution >= 0.6 is 0 Å². The van der Waals surface area contributed by atoms with Crippen LogP contribution < -0.4 is 16.0 Å². The average Bonchev–Trinajstić information content (AvgIpc) is 2.46. The first-order chi connectivity index (χ1) is 10.1. The van der Waals surface area contributed by atoms with Gasteiger partial charge in [-0.3, -0.25) is 4.79 Å². The van der Waals surface area contributed by atoms with Gasteiger partial charge >= 0.3 is 6.03 Å². The van der Waals surface area contributed by atoms with E-state index in [9.17, 15) is 14.0 Å². The van der Waals surface area contributed by atoms with Crippen molar-refractivity contribution in [3.63, 3.8) is 0 Å². The summed E-state index contributed by atoms with van der Waals surface area (Å²) < 4.78 is 12.9. The van der Waals surface area contributed by atoms with E-state index in [-0.39, 0.29) is 6.54 Å². The number of urea groups is 1. The number of rotatable bonds is 4. The molecule has 0 atom stereocenters. The molecule has 0 unspecified atom stereocenters. The lowest BCUT2D eigenvalue weighted by molar-refractivity contribution is -0.115. The Bertz CT molecular complexity index is 632. The smallest absolute Gasteiger partial charge is 0.319 e. The fourth-order valence-electron chi connectivity index (χ4n) is 1.63. The topological polar surface area (TPSA) is 70.2 Å². The first-order valence-electron chi connectivity index (χ1n) is 6.29. The molecule has 0 radical (unpaired) electrons. The number of carbonyl (C=O) groups excluding carboxylic acids is 2. The zero-order valence-corrected chi connectivity index (χ0v) is 11.1. The van der Waals surface area contributed by atoms with Crippen molar-refractivity contribution in [3.8, 4) is 0 Å². The van der Waals surface area contributed by atoms with E-state index in [1.54, 1.807) is 30.3 Å². The molecular formula is C15H14FN3O2. The maximum absolute atomic E-state index is 12.9. The van der Waals surface area contributed by atoms with E-state index >= 15 is 0 Å². The number of anilines is 2. The summed E-state index contributed by atoms with van der Waals surface area (Å²) in [4.78, 5) is 23.2. The molecule has 0 aliphatic carbocycles. The summed E-state index contributed by atoms with van der Waals surface area (Å²) in [6, 6.07) is 13.9. The van der Waals surface area contributed by atoms with Crippen LogP contribution in [0.3, 0.4) is 0 Å². The van der Waals surface area contributed by atoms with Gasteiger partial charge < -0.3 is 16.0 Å². The van der Waals surface area contributed by atoms with Crippen molar-refractivity contribution in [2.45, 2.75) is 0 Å². The van der Waals surface area contributed by atoms with Crippen LogP contribution in [0.15, 0.2) is 54.6 Å². The molecule has 0 saturated carbocycles. The highest BCUT2D eigenvalue weighted by Crippen LogP contribution is 2.08. The number of halogens is 1. The summed E-state index contributed by atoms with van der Waals surface area (Å²) in [6.45, 7) is -0.213. The van der Waals surface area contributed by atoms with E-state index in [1.807, 2.05) is 6.07 Å². The second kappa shape index (κ2) is 7.04. The van der Waals surface area contributed by atoms with Gasteiger partial charge in [0.15, 0.2) is 0 Å². The van der Waals surface area contributed by atoms with Gasteiger partial charge in [0.2, 0.25) is 5.91 Å². The summed E-state index contributed by atoms with van der Waals surface area (Å²) in [5.41, 5.74) is 0.964. The number of hydrogen-bond donors (Lipinski definition) is 3. The molecule has 21 heavy (non-hydrogen) atoms. The molecule has 0 spiro atoms. The Balaban J connectivity index is 1.77. The largest absolute Gasteiger partial charge is 0.329 e. The van der Waals surface area contributed by atoms with Gasteiger partial charge in [0.25, 0.3) is 0 Å². The van der Waals surface area contributed by atoms with Crippen LogP contribution in [-0.2, 0) is 4.79 Å². The number of para-hydroxylation sites is 1. The van der Waals surface area contributed by atoms with Crippen LogP contribution in [0.1, 0.15) is 0 Å². The van der Waals surface area contributed by atoms with Gasteiger partial charge in [-0.15, -0.1) is 0 Å². The number of nitrogens with one attached hydrogen (secondary N) is 3. The monoisotopic (exact) mass is 287 g/mol. The van der Waals surface area contributed by atoms with E-state index in [2.05, 4.69) is 16.0 Å². The Morgan fingerprint density at radius 2 is 1.62 bits per heavy atom. The molecule has 2 aromatic rings. The molecule has 0 aromatic heterocycles. The summed E-state index contributed by atoms with van der Waals surface area (Å²) >= 11 is 0. The SMILES string of the molecule is O=C(CNC(=O)Nc1ccccc1)Nc1cccc(F)c1. The molecule has 5 nitrogen and oxygen atoms in total. The summed E-state index contributed by atoms with van der Waals surface area (Å²) in [5.74, 6) is -0.883. The van der Waals surface area contributed by atoms with Crippen LogP contribution in [0.25, 0.3) is 0 Å². The molecular weight excluding hydrogens is 273 g/mol. The average molecular weight is 287 g/mol. The van der Waals surface area contributed by atoms with E-state index in [0.29, 0.717) is 11.4 Å². The van der Waals surface area contributed by atoms with Gasteiger partial charge in [-0.2, -0.15) is 0 Å². The molecule has 0 saturated heterocycles. The van der Waals surface area contributed by atoms with Crippen molar-refractivity contribution in [1.82, 2.24) is 5.32 Å². The Morgan fingerprint density at radius 1 is 0.905 bits per heavy atom. The maximum atomic E-state index is 12.9. The predicted molar refractivity (Wildman–Crippen MR) is 78.5 cm³/mol. The third kappa shape index (κ3) is 4.94. The molecule has 3 N–H and O–H groups in total. The fraction of sp³-hybridized carbons (Fsp3) is 0.0667. The molecule has 0 aliphatic rings. The van der Waals surface area contributed by atoms with Gasteiger partial charge in [0.05, 0.1) is 6.54 Å². The number of benzene rings is 2. The lowest BCUT2D eigenvalue weighted by Crippen LogP contribution is -2.35. The fourth-order valence-corrected chi connectivity index (χ4v) is 1.63. The highest BCUT2D eigenvalue weighted by atomic mass is 19.1. The van der Waals surface area contributed by atoms with E-state index in [1.165, 1.54) is 18.2 Å². The first kappa shape index (κ1) is 14.5. The molecule has 108 valence electrons. The normalized spacial score (nSPS) is 9.76. The third-order valence-electron chi connectivity index (χ3n) is 2.55. The van der Waals surface area contributed by atoms with E-state index < -0.39 is 17.8 Å². The predicted octanol–water partition coefficient (Wildman–Crippen LogP) is 2.59. The highest BCUT2D eigenvalue weighted by molar-refractivity contribution is 5.96. The van der Waals surface area contributed by atoms with Crippen molar-refractivity contribution < 1.29 is 14.0 Å². The van der Waals surface area contributed by atoms with Crippen molar-refractivity contribution in [3.05, 3.63) is 60.4 Å². The molecule has 3 amide bonds. The van der Waals surface area contributed by atoms with Crippen molar-refractivity contribution in [2.24, 2.45) is 0 Å². The summed E-state index contributed by atoms with van der Waals surface area (Å²) in [6.07, 6.45) is 0. The molecule has 0 heterocycles. The standard InChI is InChI=1S/C15H14FN3O2/c16-11-5-4-8-13(9-11)18-14(20)10-17-15(21)19-12-6-2-1-3-7-12/h1-9H,10H2,(H,18,20)(H2,17,19,21). The van der Waals surface area contributed by atoms with Gasteiger partial charge in [-0.25, -0.2) is 9.18 Å². The third-order valence-corrected chi connectivity index (χ3v) is 2.55. The minimum absolute atomic E-state index is 0.213. The molecule has 6 heteroatoms. The molecule has 2 aromatic carbocycles. The molecule has 2 rings (SSSR count). The molecule has 0 aliphatic heterocycles. The van der Waals surface area contributed by atoms with Crippen LogP contribution in [0.2, 0.25) is 0 Å². The number of hydrogen-bond acceptors (Lipinski definition) is 2. The quantitative estimate of drug-likeness (QED) is 0.809. The zero-order chi connectivity index (χ0) is 15.1. The number of amides is 3. The van der Waals surface area contributed by atoms with Crippen molar-refractivity contribution in [2.75, 3.05) is 17.2 Å². The second-order valence-corrected chi connectivity index (χ2v) is 4.23. The minimum Gasteiger partial charge on any atom is -0.329 e. The van der Waals surface area contributed by atoms with Crippen LogP contribution in [0.5, 0.6) is 0 Å². The van der Waals surface area contributed by atoms with Crippen molar-refractivity contribution in [1.29, 1.82) is 0 Å². The highest BCUT2D eigenvalue weighted by Gasteiger charge is 2.06. The second-order valence-electron chi connectivity index (χ2n) is 4.23. The minimum atomic E-state index is -0.490. The Morgan fingerprint density at radius 3 is 2.33 bits per heavy atom. The van der Waals surface area contributed by atoms with E-state index in [0.717, 1.165) is 0 Å². The maximum Gasteiger partial charge on any atom is 0.319 e. The van der Waals surface area contributed by atoms with Crippen LogP contribution in [0.4, 0.5) is 20.6 Å². The lowest BCUT2D eigenvalue weighted by atomic mass is 10.3. The van der Waals surface area contributed by atoms with Gasteiger partial charge in [-0.1, -0.05) is 24.3 Å². The Labute approximate surface area is 121 Å². The van der Waals surface area contributed by atoms with E-state index in [4.69, 9.17) is 0 Å². The number of carbonyl (C=O) groups is 2. The Hall–Kier alpha value is -2.89. The van der Waals surface area contributed by atoms with Crippen LogP contribution in [0, 0.1) is 5.82 Å². The van der Waals surface area contributed by atoms with Gasteiger partial charge in [-0.05, 0) is 30.3 Å². The first-order valence-corrected chi connectivity index (χ1v) is 6.29. The van der Waals surface area contributed by atoms with Crippen LogP contribution in [-0.4, -0.2) is 18.5 Å². The Kier molecular flexibility index (Phi) is 4.87. The lowest BCUT2D eigenvalue weighted by Gasteiger charge is -2.08. The molecule has 0 bridgehead atoms. The van der Waals surface area contributed by atoms with Gasteiger partial charge in [0, 0.05) is 11.4 Å². The van der Waals surface area contributed by atoms with Crippen molar-refractivity contribution >= 4 is 23.3 Å². The summed E-state index contributed by atoms with van der Waals surface area (Å²) in [7, 11) is 0. The summed E-state index contributed by atoms with van der Waals surface area (Å²) in [5, 5.41) is 7.47. The van der Waals surface area contributed by atoms with Gasteiger partial charge in [0.1, 0.15) is 5.82 Å².